The molecule has 0 spiro atoms. The van der Waals surface area contributed by atoms with Gasteiger partial charge in [0, 0.05) is 31.1 Å². The molecular formula is C25H38N2O4S. The molecular weight excluding hydrogens is 424 g/mol. The van der Waals surface area contributed by atoms with Crippen LogP contribution < -0.4 is 0 Å². The van der Waals surface area contributed by atoms with Gasteiger partial charge in [-0.1, -0.05) is 50.6 Å². The molecule has 7 heteroatoms. The maximum Gasteiger partial charge on any atom is 0.434 e. The minimum atomic E-state index is -0.419. The van der Waals surface area contributed by atoms with Crippen molar-refractivity contribution in [1.29, 1.82) is 0 Å². The molecule has 32 heavy (non-hydrogen) atoms. The third-order valence-corrected chi connectivity index (χ3v) is 7.42. The number of piperidine rings is 1. The molecule has 1 unspecified atom stereocenters. The molecule has 2 saturated heterocycles. The summed E-state index contributed by atoms with van der Waals surface area (Å²) in [4.78, 5) is 34.4. The SMILES string of the molecule is Cc1cccc(CN(OC(=O)N2CCCCC2)C(=O)C(SC(C)(C)C)C2CCOCC2)c1. The Bertz CT molecular complexity index is 767. The molecule has 1 aromatic rings. The molecule has 6 nitrogen and oxygen atoms in total. The van der Waals surface area contributed by atoms with Gasteiger partial charge in [-0.05, 0) is 50.5 Å². The number of ether oxygens (including phenoxy) is 1. The zero-order valence-electron chi connectivity index (χ0n) is 20.0. The molecule has 178 valence electrons. The van der Waals surface area contributed by atoms with Crippen LogP contribution in [-0.2, 0) is 20.9 Å². The topological polar surface area (TPSA) is 59.1 Å². The van der Waals surface area contributed by atoms with Crippen LogP contribution in [0.3, 0.4) is 0 Å². The van der Waals surface area contributed by atoms with E-state index in [4.69, 9.17) is 9.57 Å². The van der Waals surface area contributed by atoms with Crippen LogP contribution >= 0.6 is 11.8 Å². The van der Waals surface area contributed by atoms with E-state index in [2.05, 4.69) is 20.8 Å². The van der Waals surface area contributed by atoms with Crippen LogP contribution in [-0.4, -0.2) is 58.3 Å². The summed E-state index contributed by atoms with van der Waals surface area (Å²) in [5.41, 5.74) is 2.07. The van der Waals surface area contributed by atoms with Crippen molar-refractivity contribution in [1.82, 2.24) is 9.96 Å². The molecule has 2 heterocycles. The van der Waals surface area contributed by atoms with Gasteiger partial charge in [-0.15, -0.1) is 11.8 Å². The van der Waals surface area contributed by atoms with Crippen LogP contribution in [0.4, 0.5) is 4.79 Å². The van der Waals surface area contributed by atoms with Crippen molar-refractivity contribution in [3.8, 4) is 0 Å². The molecule has 1 atom stereocenters. The van der Waals surface area contributed by atoms with Gasteiger partial charge in [0.2, 0.25) is 0 Å². The first kappa shape index (κ1) is 24.9. The Morgan fingerprint density at radius 3 is 2.50 bits per heavy atom. The van der Waals surface area contributed by atoms with Gasteiger partial charge in [0.1, 0.15) is 0 Å². The summed E-state index contributed by atoms with van der Waals surface area (Å²) in [5.74, 6) is 0.0814. The van der Waals surface area contributed by atoms with Gasteiger partial charge in [-0.25, -0.2) is 4.79 Å². The molecule has 1 aromatic carbocycles. The van der Waals surface area contributed by atoms with E-state index >= 15 is 0 Å². The quantitative estimate of drug-likeness (QED) is 0.564. The molecule has 0 saturated carbocycles. The summed E-state index contributed by atoms with van der Waals surface area (Å²) in [7, 11) is 0. The normalized spacial score (nSPS) is 18.8. The average Bonchev–Trinajstić information content (AvgIpc) is 2.77. The maximum atomic E-state index is 13.9. The number of amides is 2. The van der Waals surface area contributed by atoms with Gasteiger partial charge in [0.05, 0.1) is 11.8 Å². The Morgan fingerprint density at radius 1 is 1.19 bits per heavy atom. The number of likely N-dealkylation sites (tertiary alicyclic amines) is 1. The van der Waals surface area contributed by atoms with E-state index in [-0.39, 0.29) is 28.4 Å². The maximum absolute atomic E-state index is 13.9. The zero-order chi connectivity index (χ0) is 23.1. The number of hydroxylamine groups is 2. The first-order valence-corrected chi connectivity index (χ1v) is 12.7. The summed E-state index contributed by atoms with van der Waals surface area (Å²) >= 11 is 1.67. The van der Waals surface area contributed by atoms with Crippen LogP contribution in [0.1, 0.15) is 64.0 Å². The van der Waals surface area contributed by atoms with E-state index < -0.39 is 6.09 Å². The van der Waals surface area contributed by atoms with E-state index in [1.807, 2.05) is 31.2 Å². The van der Waals surface area contributed by atoms with E-state index in [0.717, 1.165) is 43.2 Å². The van der Waals surface area contributed by atoms with Crippen molar-refractivity contribution in [3.63, 3.8) is 0 Å². The summed E-state index contributed by atoms with van der Waals surface area (Å²) in [6.45, 7) is 11.4. The predicted molar refractivity (Wildman–Crippen MR) is 128 cm³/mol. The third kappa shape index (κ3) is 7.41. The molecule has 0 aliphatic carbocycles. The molecule has 2 aliphatic heterocycles. The lowest BCUT2D eigenvalue weighted by Crippen LogP contribution is -2.47. The minimum Gasteiger partial charge on any atom is -0.381 e. The lowest BCUT2D eigenvalue weighted by atomic mass is 9.95. The fourth-order valence-electron chi connectivity index (χ4n) is 4.25. The Labute approximate surface area is 197 Å². The van der Waals surface area contributed by atoms with Crippen LogP contribution in [0.25, 0.3) is 0 Å². The number of thioether (sulfide) groups is 1. The van der Waals surface area contributed by atoms with Gasteiger partial charge in [0.15, 0.2) is 0 Å². The van der Waals surface area contributed by atoms with E-state index in [1.54, 1.807) is 16.7 Å². The molecule has 3 rings (SSSR count). The Balaban J connectivity index is 1.83. The van der Waals surface area contributed by atoms with Crippen molar-refractivity contribution in [2.75, 3.05) is 26.3 Å². The van der Waals surface area contributed by atoms with Crippen LogP contribution in [0, 0.1) is 12.8 Å². The Morgan fingerprint density at radius 2 is 1.88 bits per heavy atom. The number of carbonyl (C=O) groups is 2. The third-order valence-electron chi connectivity index (χ3n) is 5.88. The lowest BCUT2D eigenvalue weighted by molar-refractivity contribution is -0.172. The van der Waals surface area contributed by atoms with E-state index in [9.17, 15) is 9.59 Å². The molecule has 0 aromatic heterocycles. The van der Waals surface area contributed by atoms with Crippen molar-refractivity contribution in [2.24, 2.45) is 5.92 Å². The number of benzene rings is 1. The number of carbonyl (C=O) groups excluding carboxylic acids is 2. The summed E-state index contributed by atoms with van der Waals surface area (Å²) in [6.07, 6.45) is 4.35. The van der Waals surface area contributed by atoms with Gasteiger partial charge < -0.3 is 14.5 Å². The summed E-state index contributed by atoms with van der Waals surface area (Å²) in [5, 5.41) is 1.04. The van der Waals surface area contributed by atoms with Gasteiger partial charge in [-0.3, -0.25) is 4.79 Å². The largest absolute Gasteiger partial charge is 0.434 e. The van der Waals surface area contributed by atoms with Crippen molar-refractivity contribution >= 4 is 23.8 Å². The molecule has 2 aliphatic rings. The highest BCUT2D eigenvalue weighted by Crippen LogP contribution is 2.37. The highest BCUT2D eigenvalue weighted by atomic mass is 32.2. The van der Waals surface area contributed by atoms with Gasteiger partial charge in [-0.2, -0.15) is 5.06 Å². The second kappa shape index (κ2) is 11.4. The number of hydrogen-bond donors (Lipinski definition) is 0. The second-order valence-electron chi connectivity index (χ2n) is 9.87. The average molecular weight is 463 g/mol. The zero-order valence-corrected chi connectivity index (χ0v) is 20.8. The predicted octanol–water partition coefficient (Wildman–Crippen LogP) is 5.19. The lowest BCUT2D eigenvalue weighted by Gasteiger charge is -2.36. The van der Waals surface area contributed by atoms with Crippen molar-refractivity contribution in [2.45, 2.75) is 76.3 Å². The van der Waals surface area contributed by atoms with Crippen molar-refractivity contribution in [3.05, 3.63) is 35.4 Å². The number of rotatable bonds is 5. The fraction of sp³-hybridized carbons (Fsp3) is 0.680. The number of aryl methyl sites for hydroxylation is 1. The highest BCUT2D eigenvalue weighted by Gasteiger charge is 2.38. The Kier molecular flexibility index (Phi) is 8.88. The van der Waals surface area contributed by atoms with Gasteiger partial charge in [0.25, 0.3) is 5.91 Å². The van der Waals surface area contributed by atoms with E-state index in [1.165, 1.54) is 5.06 Å². The monoisotopic (exact) mass is 462 g/mol. The van der Waals surface area contributed by atoms with Crippen LogP contribution in [0.5, 0.6) is 0 Å². The number of hydrogen-bond acceptors (Lipinski definition) is 5. The highest BCUT2D eigenvalue weighted by molar-refractivity contribution is 8.01. The van der Waals surface area contributed by atoms with E-state index in [0.29, 0.717) is 26.3 Å². The second-order valence-corrected chi connectivity index (χ2v) is 11.8. The molecule has 2 fully saturated rings. The Hall–Kier alpha value is -1.73. The summed E-state index contributed by atoms with van der Waals surface area (Å²) in [6, 6.07) is 8.01. The summed E-state index contributed by atoms with van der Waals surface area (Å²) < 4.78 is 5.45. The smallest absolute Gasteiger partial charge is 0.381 e. The molecule has 2 amide bonds. The van der Waals surface area contributed by atoms with Crippen molar-refractivity contribution < 1.29 is 19.2 Å². The van der Waals surface area contributed by atoms with Crippen LogP contribution in [0.2, 0.25) is 0 Å². The minimum absolute atomic E-state index is 0.0927. The fourth-order valence-corrected chi connectivity index (χ4v) is 5.69. The molecule has 0 radical (unpaired) electrons. The van der Waals surface area contributed by atoms with Crippen LogP contribution in [0.15, 0.2) is 24.3 Å². The number of nitrogens with zero attached hydrogens (tertiary/aromatic N) is 2. The molecule has 0 bridgehead atoms. The van der Waals surface area contributed by atoms with Gasteiger partial charge >= 0.3 is 6.09 Å². The first-order valence-electron chi connectivity index (χ1n) is 11.8. The molecule has 0 N–H and O–H groups in total. The standard InChI is InChI=1S/C25H38N2O4S/c1-19-9-8-10-20(17-19)18-27(31-24(29)26-13-6-5-7-14-26)23(28)22(32-25(2,3)4)21-11-15-30-16-12-21/h8-10,17,21-22H,5-7,11-16,18H2,1-4H3. The first-order chi connectivity index (χ1) is 15.2.